The lowest BCUT2D eigenvalue weighted by Gasteiger charge is -2.18. The van der Waals surface area contributed by atoms with Gasteiger partial charge in [0.05, 0.1) is 0 Å². The molecule has 0 aromatic heterocycles. The zero-order chi connectivity index (χ0) is 10.6. The molecular formula is C10H26N4. The number of hydrogen-bond donors (Lipinski definition) is 4. The Kier molecular flexibility index (Phi) is 10.8. The summed E-state index contributed by atoms with van der Waals surface area (Å²) < 4.78 is 0. The molecule has 0 fully saturated rings. The van der Waals surface area contributed by atoms with Crippen LogP contribution in [-0.4, -0.2) is 38.8 Å². The SMILES string of the molecule is CCCCC(CNCCN)NCCN. The van der Waals surface area contributed by atoms with Crippen LogP contribution in [0.1, 0.15) is 26.2 Å². The molecule has 86 valence electrons. The molecule has 0 aliphatic rings. The van der Waals surface area contributed by atoms with Crippen LogP contribution in [0, 0.1) is 0 Å². The summed E-state index contributed by atoms with van der Waals surface area (Å²) in [4.78, 5) is 0. The van der Waals surface area contributed by atoms with Crippen molar-refractivity contribution in [3.05, 3.63) is 0 Å². The highest BCUT2D eigenvalue weighted by atomic mass is 15.0. The predicted molar refractivity (Wildman–Crippen MR) is 62.3 cm³/mol. The number of rotatable bonds is 10. The maximum Gasteiger partial charge on any atom is 0.0193 e. The Bertz CT molecular complexity index is 100. The maximum absolute atomic E-state index is 5.46. The highest BCUT2D eigenvalue weighted by Crippen LogP contribution is 1.99. The monoisotopic (exact) mass is 202 g/mol. The van der Waals surface area contributed by atoms with E-state index in [1.54, 1.807) is 0 Å². The van der Waals surface area contributed by atoms with Crippen LogP contribution in [0.25, 0.3) is 0 Å². The molecule has 0 saturated carbocycles. The Balaban J connectivity index is 3.49. The molecule has 0 radical (unpaired) electrons. The largest absolute Gasteiger partial charge is 0.329 e. The van der Waals surface area contributed by atoms with E-state index in [4.69, 9.17) is 11.5 Å². The zero-order valence-electron chi connectivity index (χ0n) is 9.39. The van der Waals surface area contributed by atoms with Crippen LogP contribution in [0.2, 0.25) is 0 Å². The second-order valence-electron chi connectivity index (χ2n) is 3.57. The average molecular weight is 202 g/mol. The van der Waals surface area contributed by atoms with Gasteiger partial charge in [-0.2, -0.15) is 0 Å². The first-order chi connectivity index (χ1) is 6.85. The summed E-state index contributed by atoms with van der Waals surface area (Å²) in [6, 6.07) is 0.546. The van der Waals surface area contributed by atoms with E-state index in [2.05, 4.69) is 17.6 Å². The second kappa shape index (κ2) is 10.9. The van der Waals surface area contributed by atoms with Crippen molar-refractivity contribution in [3.8, 4) is 0 Å². The molecule has 0 saturated heterocycles. The van der Waals surface area contributed by atoms with E-state index in [-0.39, 0.29) is 0 Å². The number of hydrogen-bond acceptors (Lipinski definition) is 4. The molecule has 0 amide bonds. The predicted octanol–water partition coefficient (Wildman–Crippen LogP) is -0.358. The van der Waals surface area contributed by atoms with E-state index in [9.17, 15) is 0 Å². The summed E-state index contributed by atoms with van der Waals surface area (Å²) >= 11 is 0. The van der Waals surface area contributed by atoms with Gasteiger partial charge in [0.15, 0.2) is 0 Å². The van der Waals surface area contributed by atoms with Gasteiger partial charge in [0, 0.05) is 38.8 Å². The fourth-order valence-electron chi connectivity index (χ4n) is 1.39. The van der Waals surface area contributed by atoms with Gasteiger partial charge in [-0.1, -0.05) is 19.8 Å². The molecule has 0 aromatic rings. The van der Waals surface area contributed by atoms with Gasteiger partial charge in [-0.05, 0) is 6.42 Å². The topological polar surface area (TPSA) is 76.1 Å². The lowest BCUT2D eigenvalue weighted by atomic mass is 10.1. The molecule has 0 aliphatic carbocycles. The molecule has 4 heteroatoms. The third-order valence-electron chi connectivity index (χ3n) is 2.20. The molecule has 14 heavy (non-hydrogen) atoms. The Morgan fingerprint density at radius 3 is 2.43 bits per heavy atom. The fourth-order valence-corrected chi connectivity index (χ4v) is 1.39. The molecule has 6 N–H and O–H groups in total. The van der Waals surface area contributed by atoms with Crippen molar-refractivity contribution in [1.82, 2.24) is 10.6 Å². The molecule has 1 unspecified atom stereocenters. The molecule has 0 heterocycles. The highest BCUT2D eigenvalue weighted by Gasteiger charge is 2.05. The lowest BCUT2D eigenvalue weighted by Crippen LogP contribution is -2.42. The summed E-state index contributed by atoms with van der Waals surface area (Å²) in [5.74, 6) is 0. The Labute approximate surface area is 87.8 Å². The average Bonchev–Trinajstić information content (AvgIpc) is 2.21. The van der Waals surface area contributed by atoms with Gasteiger partial charge in [-0.3, -0.25) is 0 Å². The van der Waals surface area contributed by atoms with E-state index in [0.717, 1.165) is 19.6 Å². The molecule has 1 atom stereocenters. The van der Waals surface area contributed by atoms with Crippen molar-refractivity contribution in [2.24, 2.45) is 11.5 Å². The standard InChI is InChI=1S/C10H26N4/c1-2-3-4-10(14-8-6-12)9-13-7-5-11/h10,13-14H,2-9,11-12H2,1H3. The third kappa shape index (κ3) is 8.44. The minimum atomic E-state index is 0.546. The summed E-state index contributed by atoms with van der Waals surface area (Å²) in [6.07, 6.45) is 3.73. The minimum absolute atomic E-state index is 0.546. The van der Waals surface area contributed by atoms with E-state index in [1.165, 1.54) is 19.3 Å². The van der Waals surface area contributed by atoms with Gasteiger partial charge < -0.3 is 22.1 Å². The molecule has 0 aliphatic heterocycles. The van der Waals surface area contributed by atoms with Crippen molar-refractivity contribution in [2.45, 2.75) is 32.2 Å². The molecule has 0 bridgehead atoms. The van der Waals surface area contributed by atoms with Crippen molar-refractivity contribution in [1.29, 1.82) is 0 Å². The first-order valence-corrected chi connectivity index (χ1v) is 5.69. The van der Waals surface area contributed by atoms with Gasteiger partial charge >= 0.3 is 0 Å². The Morgan fingerprint density at radius 2 is 1.86 bits per heavy atom. The van der Waals surface area contributed by atoms with Gasteiger partial charge in [-0.25, -0.2) is 0 Å². The van der Waals surface area contributed by atoms with E-state index < -0.39 is 0 Å². The molecule has 0 rings (SSSR count). The van der Waals surface area contributed by atoms with E-state index >= 15 is 0 Å². The van der Waals surface area contributed by atoms with Gasteiger partial charge in [0.1, 0.15) is 0 Å². The van der Waals surface area contributed by atoms with E-state index in [0.29, 0.717) is 19.1 Å². The summed E-state index contributed by atoms with van der Waals surface area (Å²) in [7, 11) is 0. The summed E-state index contributed by atoms with van der Waals surface area (Å²) in [6.45, 7) is 6.42. The minimum Gasteiger partial charge on any atom is -0.329 e. The summed E-state index contributed by atoms with van der Waals surface area (Å²) in [5.41, 5.74) is 10.9. The highest BCUT2D eigenvalue weighted by molar-refractivity contribution is 4.69. The van der Waals surface area contributed by atoms with Gasteiger partial charge in [0.2, 0.25) is 0 Å². The Morgan fingerprint density at radius 1 is 1.14 bits per heavy atom. The van der Waals surface area contributed by atoms with Crippen LogP contribution < -0.4 is 22.1 Å². The third-order valence-corrected chi connectivity index (χ3v) is 2.20. The van der Waals surface area contributed by atoms with E-state index in [1.807, 2.05) is 0 Å². The van der Waals surface area contributed by atoms with Crippen molar-refractivity contribution in [3.63, 3.8) is 0 Å². The van der Waals surface area contributed by atoms with Crippen LogP contribution in [-0.2, 0) is 0 Å². The number of unbranched alkanes of at least 4 members (excludes halogenated alkanes) is 1. The normalized spacial score (nSPS) is 13.1. The zero-order valence-corrected chi connectivity index (χ0v) is 9.39. The summed E-state index contributed by atoms with van der Waals surface area (Å²) in [5, 5.41) is 6.76. The van der Waals surface area contributed by atoms with Crippen LogP contribution in [0.4, 0.5) is 0 Å². The number of nitrogens with one attached hydrogen (secondary N) is 2. The second-order valence-corrected chi connectivity index (χ2v) is 3.57. The molecule has 0 spiro atoms. The van der Waals surface area contributed by atoms with Crippen LogP contribution in [0.15, 0.2) is 0 Å². The first-order valence-electron chi connectivity index (χ1n) is 5.69. The number of nitrogens with two attached hydrogens (primary N) is 2. The smallest absolute Gasteiger partial charge is 0.0193 e. The molecule has 0 aromatic carbocycles. The molecular weight excluding hydrogens is 176 g/mol. The first kappa shape index (κ1) is 13.8. The quantitative estimate of drug-likeness (QED) is 0.365. The van der Waals surface area contributed by atoms with Crippen molar-refractivity contribution < 1.29 is 0 Å². The molecule has 4 nitrogen and oxygen atoms in total. The van der Waals surface area contributed by atoms with Crippen LogP contribution in [0.5, 0.6) is 0 Å². The van der Waals surface area contributed by atoms with Gasteiger partial charge in [0.25, 0.3) is 0 Å². The van der Waals surface area contributed by atoms with Crippen molar-refractivity contribution in [2.75, 3.05) is 32.7 Å². The van der Waals surface area contributed by atoms with Crippen molar-refractivity contribution >= 4 is 0 Å². The van der Waals surface area contributed by atoms with Crippen LogP contribution in [0.3, 0.4) is 0 Å². The maximum atomic E-state index is 5.46. The lowest BCUT2D eigenvalue weighted by molar-refractivity contribution is 0.443. The van der Waals surface area contributed by atoms with Crippen LogP contribution >= 0.6 is 0 Å². The Hall–Kier alpha value is -0.160. The van der Waals surface area contributed by atoms with Gasteiger partial charge in [-0.15, -0.1) is 0 Å². The fraction of sp³-hybridized carbons (Fsp3) is 1.00.